The van der Waals surface area contributed by atoms with Gasteiger partial charge in [0.1, 0.15) is 5.82 Å². The van der Waals surface area contributed by atoms with Gasteiger partial charge < -0.3 is 10.7 Å². The number of hydrogen-bond acceptors (Lipinski definition) is 5. The largest absolute Gasteiger partial charge is 0.340 e. The lowest BCUT2D eigenvalue weighted by molar-refractivity contribution is 0.229. The highest BCUT2D eigenvalue weighted by molar-refractivity contribution is 6.02. The molecule has 0 amide bonds. The molecule has 2 aromatic rings. The van der Waals surface area contributed by atoms with Crippen molar-refractivity contribution in [3.05, 3.63) is 35.8 Å². The zero-order valence-corrected chi connectivity index (χ0v) is 18.7. The number of allylic oxidation sites excluding steroid dienone is 2. The summed E-state index contributed by atoms with van der Waals surface area (Å²) in [5.41, 5.74) is 10.5. The maximum Gasteiger partial charge on any atom is 0.177 e. The van der Waals surface area contributed by atoms with E-state index >= 15 is 0 Å². The van der Waals surface area contributed by atoms with E-state index in [1.54, 1.807) is 6.20 Å². The lowest BCUT2D eigenvalue weighted by atomic mass is 9.82. The number of nitrogens with one attached hydrogen (secondary N) is 1. The second kappa shape index (κ2) is 12.0. The van der Waals surface area contributed by atoms with E-state index in [0.29, 0.717) is 5.92 Å². The number of nitrogens with zero attached hydrogens (tertiary/aromatic N) is 4. The van der Waals surface area contributed by atoms with E-state index in [2.05, 4.69) is 20.9 Å². The number of imidazole rings is 1. The van der Waals surface area contributed by atoms with Crippen LogP contribution >= 0.6 is 0 Å². The van der Waals surface area contributed by atoms with E-state index in [1.807, 2.05) is 26.0 Å². The minimum Gasteiger partial charge on any atom is -0.340 e. The highest BCUT2D eigenvalue weighted by atomic mass is 15.2. The van der Waals surface area contributed by atoms with Crippen molar-refractivity contribution in [2.45, 2.75) is 65.3 Å². The second-order valence-electron chi connectivity index (χ2n) is 8.02. The molecule has 0 spiro atoms. The van der Waals surface area contributed by atoms with Crippen LogP contribution in [0, 0.1) is 5.92 Å². The van der Waals surface area contributed by atoms with Crippen molar-refractivity contribution in [2.75, 3.05) is 26.2 Å². The molecule has 6 nitrogen and oxygen atoms in total. The Morgan fingerprint density at radius 2 is 2.13 bits per heavy atom. The number of nitrogens with two attached hydrogens (primary N) is 1. The number of H-pyrrole nitrogens is 1. The van der Waals surface area contributed by atoms with Crippen LogP contribution in [0.3, 0.4) is 0 Å². The highest BCUT2D eigenvalue weighted by Crippen LogP contribution is 2.29. The Morgan fingerprint density at radius 3 is 2.97 bits per heavy atom. The van der Waals surface area contributed by atoms with Crippen LogP contribution in [-0.4, -0.2) is 51.7 Å². The molecule has 6 heteroatoms. The molecule has 4 rings (SSSR count). The summed E-state index contributed by atoms with van der Waals surface area (Å²) in [6, 6.07) is 3.99. The van der Waals surface area contributed by atoms with Gasteiger partial charge in [0.2, 0.25) is 0 Å². The van der Waals surface area contributed by atoms with Crippen molar-refractivity contribution in [1.82, 2.24) is 19.9 Å². The number of hydrogen-bond donors (Lipinski definition) is 2. The molecule has 1 aliphatic carbocycles. The van der Waals surface area contributed by atoms with Crippen molar-refractivity contribution in [3.8, 4) is 0 Å². The lowest BCUT2D eigenvalue weighted by Gasteiger charge is -2.31. The number of aliphatic imine (C=N–C) groups is 1. The molecule has 1 unspecified atom stereocenters. The smallest absolute Gasteiger partial charge is 0.177 e. The first-order chi connectivity index (χ1) is 14.8. The number of aromatic amines is 1. The predicted molar refractivity (Wildman–Crippen MR) is 126 cm³/mol. The minimum atomic E-state index is 0.540. The summed E-state index contributed by atoms with van der Waals surface area (Å²) in [6.07, 6.45) is 12.5. The summed E-state index contributed by atoms with van der Waals surface area (Å²) in [4.78, 5) is 20.0. The van der Waals surface area contributed by atoms with E-state index in [0.717, 1.165) is 62.6 Å². The van der Waals surface area contributed by atoms with Gasteiger partial charge in [-0.1, -0.05) is 19.9 Å². The van der Waals surface area contributed by atoms with E-state index in [1.165, 1.54) is 43.4 Å². The Morgan fingerprint density at radius 1 is 1.23 bits per heavy atom. The van der Waals surface area contributed by atoms with E-state index in [-0.39, 0.29) is 0 Å². The Labute approximate surface area is 181 Å². The molecule has 1 atom stereocenters. The van der Waals surface area contributed by atoms with Crippen LogP contribution in [-0.2, 0) is 6.54 Å². The van der Waals surface area contributed by atoms with Gasteiger partial charge in [0, 0.05) is 30.9 Å². The van der Waals surface area contributed by atoms with Crippen LogP contribution in [0.2, 0.25) is 0 Å². The minimum absolute atomic E-state index is 0.540. The first-order valence-electron chi connectivity index (χ1n) is 11.8. The lowest BCUT2D eigenvalue weighted by Crippen LogP contribution is -2.36. The fourth-order valence-corrected chi connectivity index (χ4v) is 4.46. The summed E-state index contributed by atoms with van der Waals surface area (Å²) in [7, 11) is 0. The molecule has 0 aromatic carbocycles. The molecule has 30 heavy (non-hydrogen) atoms. The van der Waals surface area contributed by atoms with Gasteiger partial charge in [-0.15, -0.1) is 0 Å². The molecule has 0 radical (unpaired) electrons. The summed E-state index contributed by atoms with van der Waals surface area (Å²) < 4.78 is 0. The fraction of sp³-hybridized carbons (Fsp3) is 0.625. The van der Waals surface area contributed by atoms with Crippen molar-refractivity contribution >= 4 is 16.9 Å². The molecule has 1 fully saturated rings. The van der Waals surface area contributed by atoms with Crippen LogP contribution in [0.1, 0.15) is 64.6 Å². The quantitative estimate of drug-likeness (QED) is 0.628. The molecule has 1 aliphatic heterocycles. The van der Waals surface area contributed by atoms with E-state index in [4.69, 9.17) is 15.7 Å². The third-order valence-corrected chi connectivity index (χ3v) is 5.84. The summed E-state index contributed by atoms with van der Waals surface area (Å²) in [5.74, 6) is 1.54. The molecule has 2 aliphatic rings. The van der Waals surface area contributed by atoms with Gasteiger partial charge in [-0.25, -0.2) is 9.97 Å². The molecule has 0 bridgehead atoms. The number of pyridine rings is 1. The topological polar surface area (TPSA) is 83.2 Å². The fourth-order valence-electron chi connectivity index (χ4n) is 4.46. The van der Waals surface area contributed by atoms with Gasteiger partial charge in [0.05, 0.1) is 12.1 Å². The Kier molecular flexibility index (Phi) is 9.02. The van der Waals surface area contributed by atoms with Crippen molar-refractivity contribution < 1.29 is 0 Å². The number of fused-ring (bicyclic) bond motifs is 2. The number of aromatic nitrogens is 3. The van der Waals surface area contributed by atoms with Crippen molar-refractivity contribution in [2.24, 2.45) is 16.6 Å². The normalized spacial score (nSPS) is 18.9. The first kappa shape index (κ1) is 22.6. The van der Waals surface area contributed by atoms with Gasteiger partial charge in [0.25, 0.3) is 0 Å². The van der Waals surface area contributed by atoms with Crippen LogP contribution in [0.25, 0.3) is 11.2 Å². The second-order valence-corrected chi connectivity index (χ2v) is 8.02. The van der Waals surface area contributed by atoms with Crippen molar-refractivity contribution in [3.63, 3.8) is 0 Å². The molecule has 3 heterocycles. The summed E-state index contributed by atoms with van der Waals surface area (Å²) in [5, 5.41) is 0. The SMILES string of the molecule is CC.NCCCCN(Cc1nc2ncccc2[nH]1)CC1CCCC2=CCCCN=C21. The molecule has 1 saturated carbocycles. The Bertz CT molecular complexity index is 804. The molecule has 3 N–H and O–H groups in total. The van der Waals surface area contributed by atoms with Crippen molar-refractivity contribution in [1.29, 1.82) is 0 Å². The number of unbranched alkanes of at least 4 members (excludes halogenated alkanes) is 1. The van der Waals surface area contributed by atoms with E-state index in [9.17, 15) is 0 Å². The monoisotopic (exact) mass is 410 g/mol. The van der Waals surface area contributed by atoms with Gasteiger partial charge >= 0.3 is 0 Å². The maximum absolute atomic E-state index is 5.74. The molecule has 164 valence electrons. The Balaban J connectivity index is 0.00000124. The average Bonchev–Trinajstić information content (AvgIpc) is 3.02. The average molecular weight is 411 g/mol. The van der Waals surface area contributed by atoms with Gasteiger partial charge in [-0.3, -0.25) is 9.89 Å². The standard InChI is InChI=1S/C22H32N6.C2H6/c23-11-2-4-14-28(16-20-26-19-10-6-13-25-22(19)27-20)15-18-9-5-8-17-7-1-3-12-24-21(17)18;1-2/h6-7,10,13,18H,1-5,8-9,11-12,14-16,23H2,(H,25,26,27);1-2H3. The van der Waals surface area contributed by atoms with Crippen LogP contribution in [0.5, 0.6) is 0 Å². The third kappa shape index (κ3) is 5.99. The van der Waals surface area contributed by atoms with Crippen LogP contribution in [0.15, 0.2) is 35.0 Å². The van der Waals surface area contributed by atoms with Gasteiger partial charge in [0.15, 0.2) is 5.65 Å². The first-order valence-corrected chi connectivity index (χ1v) is 11.8. The van der Waals surface area contributed by atoms with Gasteiger partial charge in [-0.2, -0.15) is 0 Å². The predicted octanol–water partition coefficient (Wildman–Crippen LogP) is 4.49. The molecule has 2 aromatic heterocycles. The molecular weight excluding hydrogens is 372 g/mol. The number of rotatable bonds is 8. The maximum atomic E-state index is 5.74. The summed E-state index contributed by atoms with van der Waals surface area (Å²) >= 11 is 0. The molecular formula is C24H38N6. The Hall–Kier alpha value is -2.05. The van der Waals surface area contributed by atoms with E-state index < -0.39 is 0 Å². The van der Waals surface area contributed by atoms with Crippen LogP contribution < -0.4 is 5.73 Å². The molecule has 0 saturated heterocycles. The zero-order valence-electron chi connectivity index (χ0n) is 18.7. The van der Waals surface area contributed by atoms with Gasteiger partial charge in [-0.05, 0) is 75.7 Å². The summed E-state index contributed by atoms with van der Waals surface area (Å²) in [6.45, 7) is 8.65. The highest BCUT2D eigenvalue weighted by Gasteiger charge is 2.27. The third-order valence-electron chi connectivity index (χ3n) is 5.84. The van der Waals surface area contributed by atoms with Crippen LogP contribution in [0.4, 0.5) is 0 Å². The zero-order chi connectivity index (χ0) is 21.2.